The minimum Gasteiger partial charge on any atom is -0.494 e. The summed E-state index contributed by atoms with van der Waals surface area (Å²) in [6, 6.07) is 23.9. The maximum absolute atomic E-state index is 13.3. The topological polar surface area (TPSA) is 58.6 Å². The minimum absolute atomic E-state index is 0.261. The van der Waals surface area contributed by atoms with E-state index in [1.165, 1.54) is 4.90 Å². The summed E-state index contributed by atoms with van der Waals surface area (Å²) in [6.45, 7) is 4.48. The van der Waals surface area contributed by atoms with Crippen LogP contribution in [0.15, 0.2) is 84.6 Å². The number of hydrogen-bond donors (Lipinski definition) is 1. The van der Waals surface area contributed by atoms with Crippen LogP contribution in [0.5, 0.6) is 5.75 Å². The lowest BCUT2D eigenvalue weighted by Crippen LogP contribution is -2.32. The van der Waals surface area contributed by atoms with E-state index < -0.39 is 0 Å². The fourth-order valence-electron chi connectivity index (χ4n) is 3.39. The van der Waals surface area contributed by atoms with Gasteiger partial charge in [0, 0.05) is 5.69 Å². The van der Waals surface area contributed by atoms with Gasteiger partial charge in [0.05, 0.1) is 17.9 Å². The van der Waals surface area contributed by atoms with Crippen LogP contribution in [-0.2, 0) is 9.59 Å². The predicted octanol–water partition coefficient (Wildman–Crippen LogP) is 4.79. The van der Waals surface area contributed by atoms with E-state index in [2.05, 4.69) is 5.32 Å². The zero-order valence-corrected chi connectivity index (χ0v) is 16.9. The monoisotopic (exact) mass is 398 g/mol. The number of nitrogens with zero attached hydrogens (tertiary/aromatic N) is 1. The van der Waals surface area contributed by atoms with Crippen molar-refractivity contribution in [1.82, 2.24) is 0 Å². The number of para-hydroxylation sites is 1. The lowest BCUT2D eigenvalue weighted by molar-refractivity contribution is -0.120. The van der Waals surface area contributed by atoms with Gasteiger partial charge in [0.2, 0.25) is 0 Å². The summed E-state index contributed by atoms with van der Waals surface area (Å²) in [5.74, 6) is 0.0228. The van der Waals surface area contributed by atoms with Gasteiger partial charge in [-0.1, -0.05) is 48.0 Å². The van der Waals surface area contributed by atoms with Crippen LogP contribution in [0.25, 0.3) is 5.57 Å². The number of anilines is 2. The number of amides is 2. The molecule has 0 bridgehead atoms. The summed E-state index contributed by atoms with van der Waals surface area (Å²) < 4.78 is 5.48. The number of carbonyl (C=O) groups excluding carboxylic acids is 2. The third kappa shape index (κ3) is 3.70. The largest absolute Gasteiger partial charge is 0.494 e. The van der Waals surface area contributed by atoms with E-state index in [9.17, 15) is 9.59 Å². The van der Waals surface area contributed by atoms with Crippen molar-refractivity contribution in [2.45, 2.75) is 13.8 Å². The lowest BCUT2D eigenvalue weighted by atomic mass is 10.0. The Balaban J connectivity index is 1.75. The highest BCUT2D eigenvalue weighted by atomic mass is 16.5. The maximum atomic E-state index is 13.3. The molecule has 0 unspecified atom stereocenters. The summed E-state index contributed by atoms with van der Waals surface area (Å²) in [5.41, 5.74) is 3.65. The van der Waals surface area contributed by atoms with Crippen LogP contribution in [0, 0.1) is 6.92 Å². The van der Waals surface area contributed by atoms with Crippen molar-refractivity contribution in [1.29, 1.82) is 0 Å². The third-order valence-electron chi connectivity index (χ3n) is 4.87. The summed E-state index contributed by atoms with van der Waals surface area (Å²) in [7, 11) is 0. The number of imide groups is 1. The van der Waals surface area contributed by atoms with Crippen LogP contribution >= 0.6 is 0 Å². The van der Waals surface area contributed by atoms with Crippen LogP contribution in [0.2, 0.25) is 0 Å². The van der Waals surface area contributed by atoms with Gasteiger partial charge >= 0.3 is 0 Å². The molecular formula is C25H22N2O3. The number of ether oxygens (including phenoxy) is 1. The van der Waals surface area contributed by atoms with Crippen molar-refractivity contribution in [3.8, 4) is 5.75 Å². The van der Waals surface area contributed by atoms with Gasteiger partial charge in [-0.05, 0) is 55.8 Å². The molecule has 0 saturated carbocycles. The Morgan fingerprint density at radius 2 is 1.50 bits per heavy atom. The zero-order chi connectivity index (χ0) is 21.1. The van der Waals surface area contributed by atoms with Crippen molar-refractivity contribution in [3.63, 3.8) is 0 Å². The van der Waals surface area contributed by atoms with E-state index in [0.717, 1.165) is 11.3 Å². The highest BCUT2D eigenvalue weighted by molar-refractivity contribution is 6.46. The number of carbonyl (C=O) groups is 2. The first-order valence-electron chi connectivity index (χ1n) is 9.83. The fraction of sp³-hybridized carbons (Fsp3) is 0.120. The Bertz CT molecular complexity index is 1100. The second-order valence-electron chi connectivity index (χ2n) is 6.98. The van der Waals surface area contributed by atoms with Crippen molar-refractivity contribution < 1.29 is 14.3 Å². The normalized spacial score (nSPS) is 13.7. The molecule has 0 atom stereocenters. The molecule has 0 aliphatic carbocycles. The Hall–Kier alpha value is -3.86. The van der Waals surface area contributed by atoms with Crippen molar-refractivity contribution in [2.75, 3.05) is 16.8 Å². The first-order valence-corrected chi connectivity index (χ1v) is 9.83. The van der Waals surface area contributed by atoms with Crippen molar-refractivity contribution >= 4 is 28.8 Å². The van der Waals surface area contributed by atoms with E-state index in [1.807, 2.05) is 68.4 Å². The van der Waals surface area contributed by atoms with E-state index in [4.69, 9.17) is 4.74 Å². The van der Waals surface area contributed by atoms with Crippen molar-refractivity contribution in [3.05, 3.63) is 95.7 Å². The summed E-state index contributed by atoms with van der Waals surface area (Å²) >= 11 is 0. The lowest BCUT2D eigenvalue weighted by Gasteiger charge is -2.15. The van der Waals surface area contributed by atoms with E-state index in [-0.39, 0.29) is 17.5 Å². The van der Waals surface area contributed by atoms with Crippen LogP contribution in [0.4, 0.5) is 11.4 Å². The first-order chi connectivity index (χ1) is 14.6. The smallest absolute Gasteiger partial charge is 0.282 e. The Kier molecular flexibility index (Phi) is 5.35. The second kappa shape index (κ2) is 8.25. The molecule has 0 spiro atoms. The van der Waals surface area contributed by atoms with Gasteiger partial charge in [-0.2, -0.15) is 0 Å². The van der Waals surface area contributed by atoms with Crippen molar-refractivity contribution in [2.24, 2.45) is 0 Å². The summed E-state index contributed by atoms with van der Waals surface area (Å²) in [4.78, 5) is 27.8. The molecule has 0 fully saturated rings. The Morgan fingerprint density at radius 1 is 0.833 bits per heavy atom. The van der Waals surface area contributed by atoms with Crippen LogP contribution in [0.3, 0.4) is 0 Å². The van der Waals surface area contributed by atoms with Gasteiger partial charge in [-0.3, -0.25) is 9.59 Å². The molecule has 30 heavy (non-hydrogen) atoms. The van der Waals surface area contributed by atoms with E-state index >= 15 is 0 Å². The molecule has 1 N–H and O–H groups in total. The van der Waals surface area contributed by atoms with E-state index in [0.29, 0.717) is 29.1 Å². The number of hydrogen-bond acceptors (Lipinski definition) is 4. The van der Waals surface area contributed by atoms with Gasteiger partial charge in [0.25, 0.3) is 11.8 Å². The molecule has 5 heteroatoms. The average Bonchev–Trinajstić information content (AvgIpc) is 3.00. The maximum Gasteiger partial charge on any atom is 0.282 e. The molecule has 3 aromatic rings. The molecule has 1 aliphatic rings. The average molecular weight is 398 g/mol. The third-order valence-corrected chi connectivity index (χ3v) is 4.87. The Labute approximate surface area is 175 Å². The first kappa shape index (κ1) is 19.5. The molecule has 1 aliphatic heterocycles. The van der Waals surface area contributed by atoms with Gasteiger partial charge in [-0.15, -0.1) is 0 Å². The van der Waals surface area contributed by atoms with Crippen LogP contribution in [-0.4, -0.2) is 18.4 Å². The number of rotatable bonds is 6. The molecule has 4 rings (SSSR count). The molecule has 0 radical (unpaired) electrons. The minimum atomic E-state index is -0.379. The second-order valence-corrected chi connectivity index (χ2v) is 6.98. The zero-order valence-electron chi connectivity index (χ0n) is 16.9. The highest BCUT2D eigenvalue weighted by Crippen LogP contribution is 2.34. The predicted molar refractivity (Wildman–Crippen MR) is 118 cm³/mol. The quantitative estimate of drug-likeness (QED) is 0.607. The van der Waals surface area contributed by atoms with Gasteiger partial charge in [0.15, 0.2) is 0 Å². The summed E-state index contributed by atoms with van der Waals surface area (Å²) in [5, 5.41) is 3.17. The highest BCUT2D eigenvalue weighted by Gasteiger charge is 2.40. The van der Waals surface area contributed by atoms with Gasteiger partial charge in [0.1, 0.15) is 11.4 Å². The SMILES string of the molecule is CCOc1ccc(NC2=C(c3ccc(C)cc3)C(=O)N(c3ccccc3)C2=O)cc1. The summed E-state index contributed by atoms with van der Waals surface area (Å²) in [6.07, 6.45) is 0. The molecule has 5 nitrogen and oxygen atoms in total. The fourth-order valence-corrected chi connectivity index (χ4v) is 3.39. The standard InChI is InChI=1S/C25H22N2O3/c1-3-30-21-15-13-19(14-16-21)26-23-22(18-11-9-17(2)10-12-18)24(28)27(25(23)29)20-7-5-4-6-8-20/h4-16,26H,3H2,1-2H3. The van der Waals surface area contributed by atoms with Crippen LogP contribution in [0.1, 0.15) is 18.1 Å². The van der Waals surface area contributed by atoms with Crippen LogP contribution < -0.4 is 15.0 Å². The number of benzene rings is 3. The molecule has 0 aromatic heterocycles. The van der Waals surface area contributed by atoms with E-state index in [1.54, 1.807) is 24.3 Å². The van der Waals surface area contributed by atoms with Gasteiger partial charge < -0.3 is 10.1 Å². The molecule has 3 aromatic carbocycles. The molecule has 2 amide bonds. The van der Waals surface area contributed by atoms with Gasteiger partial charge in [-0.25, -0.2) is 4.90 Å². The number of aryl methyl sites for hydroxylation is 1. The number of nitrogens with one attached hydrogen (secondary N) is 1. The molecular weight excluding hydrogens is 376 g/mol. The molecule has 1 heterocycles. The Morgan fingerprint density at radius 3 is 2.13 bits per heavy atom. The molecule has 0 saturated heterocycles. The molecule has 150 valence electrons.